The number of anilines is 1. The van der Waals surface area contributed by atoms with E-state index in [1.807, 2.05) is 49.6 Å². The van der Waals surface area contributed by atoms with E-state index in [9.17, 15) is 0 Å². The predicted molar refractivity (Wildman–Crippen MR) is 70.5 cm³/mol. The molecule has 0 aliphatic carbocycles. The van der Waals surface area contributed by atoms with Gasteiger partial charge in [-0.05, 0) is 13.8 Å². The van der Waals surface area contributed by atoms with Gasteiger partial charge in [-0.3, -0.25) is 9.36 Å². The maximum absolute atomic E-state index is 4.31. The summed E-state index contributed by atoms with van der Waals surface area (Å²) < 4.78 is 3.68. The van der Waals surface area contributed by atoms with Gasteiger partial charge in [0.1, 0.15) is 5.82 Å². The quantitative estimate of drug-likeness (QED) is 0.910. The summed E-state index contributed by atoms with van der Waals surface area (Å²) in [7, 11) is 3.87. The average molecular weight is 256 g/mol. The number of halogens is 1. The summed E-state index contributed by atoms with van der Waals surface area (Å²) in [5.41, 5.74) is 3.29. The highest BCUT2D eigenvalue weighted by molar-refractivity contribution is 5.85. The van der Waals surface area contributed by atoms with Crippen molar-refractivity contribution < 1.29 is 0 Å². The highest BCUT2D eigenvalue weighted by atomic mass is 35.5. The molecular weight excluding hydrogens is 238 g/mol. The lowest BCUT2D eigenvalue weighted by atomic mass is 10.2. The van der Waals surface area contributed by atoms with Gasteiger partial charge in [0, 0.05) is 38.5 Å². The van der Waals surface area contributed by atoms with Gasteiger partial charge in [-0.25, -0.2) is 0 Å². The van der Waals surface area contributed by atoms with Crippen molar-refractivity contribution in [3.8, 4) is 0 Å². The van der Waals surface area contributed by atoms with Crippen molar-refractivity contribution >= 4 is 18.2 Å². The van der Waals surface area contributed by atoms with Crippen LogP contribution in [-0.4, -0.2) is 19.6 Å². The number of nitrogens with zero attached hydrogens (tertiary/aromatic N) is 4. The molecule has 94 valence electrons. The van der Waals surface area contributed by atoms with Crippen LogP contribution in [0.4, 0.5) is 5.82 Å². The second-order valence-electron chi connectivity index (χ2n) is 4.06. The number of hydrogen-bond acceptors (Lipinski definition) is 3. The van der Waals surface area contributed by atoms with Crippen LogP contribution in [0.15, 0.2) is 12.3 Å². The zero-order valence-corrected chi connectivity index (χ0v) is 11.4. The summed E-state index contributed by atoms with van der Waals surface area (Å²) in [6, 6.07) is 2.03. The molecule has 1 N–H and O–H groups in total. The maximum Gasteiger partial charge on any atom is 0.124 e. The zero-order chi connectivity index (χ0) is 11.7. The molecule has 0 unspecified atom stereocenters. The van der Waals surface area contributed by atoms with Crippen molar-refractivity contribution in [2.45, 2.75) is 20.4 Å². The molecule has 0 aliphatic rings. The average Bonchev–Trinajstić information content (AvgIpc) is 2.66. The van der Waals surface area contributed by atoms with E-state index in [-0.39, 0.29) is 12.4 Å². The van der Waals surface area contributed by atoms with Crippen molar-refractivity contribution in [3.05, 3.63) is 29.2 Å². The molecule has 17 heavy (non-hydrogen) atoms. The Kier molecular flexibility index (Phi) is 4.17. The molecule has 0 spiro atoms. The van der Waals surface area contributed by atoms with E-state index < -0.39 is 0 Å². The highest BCUT2D eigenvalue weighted by Crippen LogP contribution is 2.11. The first-order valence-corrected chi connectivity index (χ1v) is 5.30. The highest BCUT2D eigenvalue weighted by Gasteiger charge is 2.05. The van der Waals surface area contributed by atoms with Crippen LogP contribution in [0.2, 0.25) is 0 Å². The topological polar surface area (TPSA) is 47.7 Å². The summed E-state index contributed by atoms with van der Waals surface area (Å²) in [6.07, 6.45) is 2.03. The fourth-order valence-corrected chi connectivity index (χ4v) is 1.78. The van der Waals surface area contributed by atoms with Crippen LogP contribution in [0.25, 0.3) is 0 Å². The van der Waals surface area contributed by atoms with Crippen molar-refractivity contribution in [3.63, 3.8) is 0 Å². The van der Waals surface area contributed by atoms with Crippen LogP contribution in [0, 0.1) is 13.8 Å². The maximum atomic E-state index is 4.31. The van der Waals surface area contributed by atoms with Crippen LogP contribution in [0.3, 0.4) is 0 Å². The summed E-state index contributed by atoms with van der Waals surface area (Å²) in [4.78, 5) is 0. The minimum Gasteiger partial charge on any atom is -0.366 e. The summed E-state index contributed by atoms with van der Waals surface area (Å²) in [6.45, 7) is 4.78. The Hall–Kier alpha value is -1.49. The van der Waals surface area contributed by atoms with Crippen LogP contribution in [-0.2, 0) is 20.6 Å². The minimum absolute atomic E-state index is 0. The van der Waals surface area contributed by atoms with Crippen LogP contribution >= 0.6 is 12.4 Å². The second-order valence-corrected chi connectivity index (χ2v) is 4.06. The zero-order valence-electron chi connectivity index (χ0n) is 10.6. The largest absolute Gasteiger partial charge is 0.366 e. The summed E-state index contributed by atoms with van der Waals surface area (Å²) >= 11 is 0. The summed E-state index contributed by atoms with van der Waals surface area (Å²) in [5.74, 6) is 1.03. The molecule has 5 nitrogen and oxygen atoms in total. The third-order valence-electron chi connectivity index (χ3n) is 2.58. The van der Waals surface area contributed by atoms with E-state index in [2.05, 4.69) is 15.5 Å². The van der Waals surface area contributed by atoms with E-state index in [0.29, 0.717) is 0 Å². The first-order chi connectivity index (χ1) is 7.56. The first-order valence-electron chi connectivity index (χ1n) is 5.30. The number of aryl methyl sites for hydroxylation is 4. The number of nitrogens with one attached hydrogen (secondary N) is 1. The van der Waals surface area contributed by atoms with E-state index in [1.54, 1.807) is 0 Å². The third-order valence-corrected chi connectivity index (χ3v) is 2.58. The van der Waals surface area contributed by atoms with Crippen LogP contribution in [0.5, 0.6) is 0 Å². The molecule has 2 aromatic heterocycles. The van der Waals surface area contributed by atoms with Crippen molar-refractivity contribution in [2.24, 2.45) is 14.1 Å². The molecule has 0 bridgehead atoms. The van der Waals surface area contributed by atoms with Gasteiger partial charge in [0.2, 0.25) is 0 Å². The smallest absolute Gasteiger partial charge is 0.124 e. The van der Waals surface area contributed by atoms with Gasteiger partial charge < -0.3 is 5.32 Å². The Morgan fingerprint density at radius 3 is 2.41 bits per heavy atom. The van der Waals surface area contributed by atoms with Crippen molar-refractivity contribution in [2.75, 3.05) is 5.32 Å². The molecule has 0 amide bonds. The SMILES string of the molecule is Cc1cc(NCc2cn(C)nc2C)n(C)n1.Cl. The lowest BCUT2D eigenvalue weighted by Crippen LogP contribution is -2.04. The molecule has 0 atom stereocenters. The molecule has 0 saturated heterocycles. The Bertz CT molecular complexity index is 454. The molecule has 2 heterocycles. The van der Waals surface area contributed by atoms with Crippen LogP contribution < -0.4 is 5.32 Å². The number of rotatable bonds is 3. The minimum atomic E-state index is 0. The molecular formula is C11H18ClN5. The second kappa shape index (κ2) is 5.23. The molecule has 2 aromatic rings. The van der Waals surface area contributed by atoms with Gasteiger partial charge in [0.25, 0.3) is 0 Å². The van der Waals surface area contributed by atoms with E-state index >= 15 is 0 Å². The molecule has 2 rings (SSSR count). The number of aromatic nitrogens is 4. The molecule has 0 fully saturated rings. The Morgan fingerprint density at radius 2 is 1.94 bits per heavy atom. The Balaban J connectivity index is 0.00000144. The van der Waals surface area contributed by atoms with Crippen molar-refractivity contribution in [1.29, 1.82) is 0 Å². The van der Waals surface area contributed by atoms with Crippen LogP contribution in [0.1, 0.15) is 17.0 Å². The van der Waals surface area contributed by atoms with Gasteiger partial charge in [-0.15, -0.1) is 12.4 Å². The molecule has 0 saturated carbocycles. The molecule has 0 radical (unpaired) electrons. The predicted octanol–water partition coefficient (Wildman–Crippen LogP) is 1.80. The first kappa shape index (κ1) is 13.6. The fourth-order valence-electron chi connectivity index (χ4n) is 1.78. The van der Waals surface area contributed by atoms with E-state index in [1.165, 1.54) is 5.56 Å². The van der Waals surface area contributed by atoms with E-state index in [0.717, 1.165) is 23.8 Å². The number of hydrogen-bond donors (Lipinski definition) is 1. The van der Waals surface area contributed by atoms with Gasteiger partial charge in [0.05, 0.1) is 11.4 Å². The van der Waals surface area contributed by atoms with E-state index in [4.69, 9.17) is 0 Å². The van der Waals surface area contributed by atoms with Gasteiger partial charge >= 0.3 is 0 Å². The lowest BCUT2D eigenvalue weighted by molar-refractivity contribution is 0.755. The van der Waals surface area contributed by atoms with Gasteiger partial charge in [-0.2, -0.15) is 10.2 Å². The van der Waals surface area contributed by atoms with Gasteiger partial charge in [-0.1, -0.05) is 0 Å². The normalized spacial score (nSPS) is 10.1. The monoisotopic (exact) mass is 255 g/mol. The fraction of sp³-hybridized carbons (Fsp3) is 0.455. The standard InChI is InChI=1S/C11H17N5.ClH/c1-8-5-11(16(4)13-8)12-6-10-7-15(3)14-9(10)2;/h5,7,12H,6H2,1-4H3;1H. The lowest BCUT2D eigenvalue weighted by Gasteiger charge is -2.04. The molecule has 6 heteroatoms. The summed E-state index contributed by atoms with van der Waals surface area (Å²) in [5, 5.41) is 11.9. The van der Waals surface area contributed by atoms with Crippen molar-refractivity contribution in [1.82, 2.24) is 19.6 Å². The Labute approximate surface area is 107 Å². The van der Waals surface area contributed by atoms with Gasteiger partial charge in [0.15, 0.2) is 0 Å². The molecule has 0 aliphatic heterocycles. The third kappa shape index (κ3) is 3.00. The molecule has 0 aromatic carbocycles. The Morgan fingerprint density at radius 1 is 1.24 bits per heavy atom.